The van der Waals surface area contributed by atoms with Crippen LogP contribution in [0, 0.1) is 0 Å². The van der Waals surface area contributed by atoms with Crippen molar-refractivity contribution in [2.45, 2.75) is 70.1 Å². The highest BCUT2D eigenvalue weighted by Gasteiger charge is 2.50. The van der Waals surface area contributed by atoms with E-state index in [1.165, 1.54) is 16.4 Å². The zero-order chi connectivity index (χ0) is 22.3. The molecule has 166 valence electrons. The molecule has 0 radical (unpaired) electrons. The third kappa shape index (κ3) is 5.62. The summed E-state index contributed by atoms with van der Waals surface area (Å²) in [6.07, 6.45) is 5.93. The third-order valence-corrected chi connectivity index (χ3v) is 11.3. The lowest BCUT2D eigenvalue weighted by Gasteiger charge is -2.43. The van der Waals surface area contributed by atoms with Crippen LogP contribution < -0.4 is 10.4 Å². The molecule has 1 aliphatic rings. The molecule has 0 saturated carbocycles. The van der Waals surface area contributed by atoms with Gasteiger partial charge in [-0.15, -0.1) is 0 Å². The molecule has 4 heteroatoms. The Morgan fingerprint density at radius 1 is 1.03 bits per heavy atom. The van der Waals surface area contributed by atoms with Gasteiger partial charge in [-0.1, -0.05) is 88.0 Å². The number of allylic oxidation sites excluding steroid dienone is 1. The van der Waals surface area contributed by atoms with E-state index in [0.717, 1.165) is 25.7 Å². The number of benzene rings is 2. The molecule has 0 N–H and O–H groups in total. The molecule has 3 nitrogen and oxygen atoms in total. The van der Waals surface area contributed by atoms with Gasteiger partial charge in [0.2, 0.25) is 0 Å². The molecule has 0 bridgehead atoms. The molecule has 2 aromatic rings. The van der Waals surface area contributed by atoms with E-state index >= 15 is 0 Å². The minimum atomic E-state index is -2.51. The van der Waals surface area contributed by atoms with Crippen molar-refractivity contribution in [1.29, 1.82) is 0 Å². The fourth-order valence-electron chi connectivity index (χ4n) is 4.76. The predicted octanol–water partition coefficient (Wildman–Crippen LogP) is 5.04. The van der Waals surface area contributed by atoms with E-state index in [1.807, 2.05) is 0 Å². The normalized spacial score (nSPS) is 19.7. The van der Waals surface area contributed by atoms with E-state index in [0.29, 0.717) is 13.0 Å². The molecule has 0 spiro atoms. The maximum absolute atomic E-state index is 11.7. The average Bonchev–Trinajstić information content (AvgIpc) is 2.77. The number of rotatable bonds is 9. The van der Waals surface area contributed by atoms with Crippen molar-refractivity contribution in [2.24, 2.45) is 0 Å². The number of ketones is 1. The van der Waals surface area contributed by atoms with Crippen LogP contribution in [0.1, 0.15) is 52.9 Å². The first-order chi connectivity index (χ1) is 14.9. The van der Waals surface area contributed by atoms with Gasteiger partial charge < -0.3 is 9.16 Å². The lowest BCUT2D eigenvalue weighted by atomic mass is 9.99. The summed E-state index contributed by atoms with van der Waals surface area (Å²) in [7, 11) is -2.51. The highest BCUT2D eigenvalue weighted by atomic mass is 28.4. The highest BCUT2D eigenvalue weighted by molar-refractivity contribution is 6.99. The van der Waals surface area contributed by atoms with Gasteiger partial charge in [0, 0.05) is 13.0 Å². The molecule has 0 aliphatic carbocycles. The standard InChI is InChI=1S/C27H36O3Si/c1-5-22(28)21-24-14-12-13-23(30-24)19-20-29-31(27(2,3)4,25-15-8-6-9-16-25)26-17-10-7-11-18-26/h5-11,15-18,23-24H,1,12-14,19-21H2,2-4H3/t23-,24+/m1/s1. The molecule has 31 heavy (non-hydrogen) atoms. The van der Waals surface area contributed by atoms with Gasteiger partial charge in [0.1, 0.15) is 0 Å². The smallest absolute Gasteiger partial charge is 0.261 e. The lowest BCUT2D eigenvalue weighted by Crippen LogP contribution is -2.66. The minimum Gasteiger partial charge on any atom is -0.407 e. The van der Waals surface area contributed by atoms with Crippen LogP contribution in [0.25, 0.3) is 0 Å². The molecule has 1 fully saturated rings. The van der Waals surface area contributed by atoms with Gasteiger partial charge in [0.05, 0.1) is 12.2 Å². The number of hydrogen-bond donors (Lipinski definition) is 0. The third-order valence-electron chi connectivity index (χ3n) is 6.27. The van der Waals surface area contributed by atoms with Gasteiger partial charge in [-0.05, 0) is 47.2 Å². The van der Waals surface area contributed by atoms with E-state index < -0.39 is 8.32 Å². The molecule has 3 rings (SSSR count). The van der Waals surface area contributed by atoms with E-state index in [1.54, 1.807) is 0 Å². The van der Waals surface area contributed by atoms with Crippen LogP contribution in [-0.2, 0) is 14.0 Å². The van der Waals surface area contributed by atoms with E-state index in [-0.39, 0.29) is 23.0 Å². The molecule has 0 aromatic heterocycles. The van der Waals surface area contributed by atoms with Crippen molar-refractivity contribution in [3.8, 4) is 0 Å². The number of carbonyl (C=O) groups excluding carboxylic acids is 1. The Bertz CT molecular complexity index is 802. The summed E-state index contributed by atoms with van der Waals surface area (Å²) in [5.41, 5.74) is 0. The summed E-state index contributed by atoms with van der Waals surface area (Å²) in [5.74, 6) is 0.0641. The van der Waals surface area contributed by atoms with E-state index in [9.17, 15) is 4.79 Å². The summed E-state index contributed by atoms with van der Waals surface area (Å²) < 4.78 is 13.2. The first-order valence-electron chi connectivity index (χ1n) is 11.4. The van der Waals surface area contributed by atoms with Gasteiger partial charge in [0.25, 0.3) is 8.32 Å². The van der Waals surface area contributed by atoms with Crippen molar-refractivity contribution in [2.75, 3.05) is 6.61 Å². The number of hydrogen-bond acceptors (Lipinski definition) is 3. The summed E-state index contributed by atoms with van der Waals surface area (Å²) in [6.45, 7) is 11.1. The van der Waals surface area contributed by atoms with Crippen molar-refractivity contribution in [3.63, 3.8) is 0 Å². The molecule has 2 atom stereocenters. The Morgan fingerprint density at radius 2 is 1.58 bits per heavy atom. The van der Waals surface area contributed by atoms with Crippen LogP contribution in [0.5, 0.6) is 0 Å². The molecule has 1 aliphatic heterocycles. The van der Waals surface area contributed by atoms with Gasteiger partial charge in [0.15, 0.2) is 5.78 Å². The summed E-state index contributed by atoms with van der Waals surface area (Å²) in [4.78, 5) is 11.7. The highest BCUT2D eigenvalue weighted by Crippen LogP contribution is 2.37. The fraction of sp³-hybridized carbons (Fsp3) is 0.444. The Balaban J connectivity index is 1.79. The second-order valence-corrected chi connectivity index (χ2v) is 13.8. The topological polar surface area (TPSA) is 35.5 Å². The fourth-order valence-corrected chi connectivity index (χ4v) is 9.34. The van der Waals surface area contributed by atoms with Gasteiger partial charge in [-0.3, -0.25) is 4.79 Å². The summed E-state index contributed by atoms with van der Waals surface area (Å²) in [5, 5.41) is 2.57. The van der Waals surface area contributed by atoms with Crippen LogP contribution in [0.3, 0.4) is 0 Å². The molecule has 1 saturated heterocycles. The maximum Gasteiger partial charge on any atom is 0.261 e. The zero-order valence-electron chi connectivity index (χ0n) is 19.2. The Hall–Kier alpha value is -2.01. The molecular weight excluding hydrogens is 400 g/mol. The monoisotopic (exact) mass is 436 g/mol. The van der Waals surface area contributed by atoms with Crippen LogP contribution >= 0.6 is 0 Å². The van der Waals surface area contributed by atoms with Crippen LogP contribution in [0.15, 0.2) is 73.3 Å². The Kier molecular flexibility index (Phi) is 8.04. The maximum atomic E-state index is 11.7. The summed E-state index contributed by atoms with van der Waals surface area (Å²) >= 11 is 0. The molecule has 0 amide bonds. The number of carbonyl (C=O) groups is 1. The van der Waals surface area contributed by atoms with Crippen molar-refractivity contribution >= 4 is 24.5 Å². The van der Waals surface area contributed by atoms with Crippen LogP contribution in [-0.4, -0.2) is 32.9 Å². The van der Waals surface area contributed by atoms with Crippen molar-refractivity contribution in [1.82, 2.24) is 0 Å². The first-order valence-corrected chi connectivity index (χ1v) is 13.3. The average molecular weight is 437 g/mol. The SMILES string of the molecule is C=CC(=O)C[C@@H]1CCC[C@H](CCO[Si](c2ccccc2)(c2ccccc2)C(C)(C)C)O1. The first kappa shape index (κ1) is 23.6. The van der Waals surface area contributed by atoms with Crippen LogP contribution in [0.4, 0.5) is 0 Å². The quantitative estimate of drug-likeness (QED) is 0.408. The van der Waals surface area contributed by atoms with E-state index in [2.05, 4.69) is 88.0 Å². The number of ether oxygens (including phenoxy) is 1. The second kappa shape index (κ2) is 10.5. The predicted molar refractivity (Wildman–Crippen MR) is 131 cm³/mol. The van der Waals surface area contributed by atoms with Crippen LogP contribution in [0.2, 0.25) is 5.04 Å². The summed E-state index contributed by atoms with van der Waals surface area (Å²) in [6, 6.07) is 21.5. The molecule has 2 aromatic carbocycles. The van der Waals surface area contributed by atoms with Crippen molar-refractivity contribution < 1.29 is 14.0 Å². The Labute approximate surface area is 188 Å². The van der Waals surface area contributed by atoms with Gasteiger partial charge >= 0.3 is 0 Å². The zero-order valence-corrected chi connectivity index (χ0v) is 20.2. The molecule has 0 unspecified atom stereocenters. The lowest BCUT2D eigenvalue weighted by molar-refractivity contribution is -0.121. The Morgan fingerprint density at radius 3 is 2.10 bits per heavy atom. The van der Waals surface area contributed by atoms with Gasteiger partial charge in [-0.25, -0.2) is 0 Å². The molecular formula is C27H36O3Si. The largest absolute Gasteiger partial charge is 0.407 e. The van der Waals surface area contributed by atoms with Crippen molar-refractivity contribution in [3.05, 3.63) is 73.3 Å². The minimum absolute atomic E-state index is 0.0112. The van der Waals surface area contributed by atoms with E-state index in [4.69, 9.17) is 9.16 Å². The van der Waals surface area contributed by atoms with Gasteiger partial charge in [-0.2, -0.15) is 0 Å². The molecule has 1 heterocycles. The second-order valence-electron chi connectivity index (χ2n) is 9.49.